The Hall–Kier alpha value is -1.20. The van der Waals surface area contributed by atoms with Gasteiger partial charge in [0.25, 0.3) is 5.91 Å². The molecule has 0 aliphatic rings. The topological polar surface area (TPSA) is 29.1 Å². The Kier molecular flexibility index (Phi) is 4.94. The van der Waals surface area contributed by atoms with Crippen LogP contribution in [0.4, 0.5) is 4.39 Å². The SMILES string of the molecule is Cc1ccc(C(=O)NCc2cc(Br)ccc2F)cc1Br. The summed E-state index contributed by atoms with van der Waals surface area (Å²) in [5.41, 5.74) is 2.04. The largest absolute Gasteiger partial charge is 0.348 e. The molecular weight excluding hydrogens is 389 g/mol. The van der Waals surface area contributed by atoms with Crippen molar-refractivity contribution in [1.29, 1.82) is 0 Å². The number of halogens is 3. The third-order valence-corrected chi connectivity index (χ3v) is 4.23. The minimum atomic E-state index is -0.335. The van der Waals surface area contributed by atoms with Crippen LogP contribution in [0.1, 0.15) is 21.5 Å². The molecule has 1 N–H and O–H groups in total. The quantitative estimate of drug-likeness (QED) is 0.802. The van der Waals surface area contributed by atoms with Crippen LogP contribution in [-0.2, 0) is 6.54 Å². The van der Waals surface area contributed by atoms with Crippen LogP contribution in [0.3, 0.4) is 0 Å². The molecule has 0 saturated heterocycles. The Morgan fingerprint density at radius 1 is 1.20 bits per heavy atom. The molecule has 1 amide bonds. The summed E-state index contributed by atoms with van der Waals surface area (Å²) >= 11 is 6.67. The van der Waals surface area contributed by atoms with Gasteiger partial charge in [-0.05, 0) is 42.8 Å². The van der Waals surface area contributed by atoms with Crippen LogP contribution in [0.15, 0.2) is 45.3 Å². The molecule has 0 saturated carbocycles. The van der Waals surface area contributed by atoms with Crippen LogP contribution >= 0.6 is 31.9 Å². The molecule has 0 bridgehead atoms. The van der Waals surface area contributed by atoms with Crippen LogP contribution < -0.4 is 5.32 Å². The molecule has 0 aliphatic carbocycles. The van der Waals surface area contributed by atoms with E-state index in [4.69, 9.17) is 0 Å². The Bertz CT molecular complexity index is 658. The highest BCUT2D eigenvalue weighted by atomic mass is 79.9. The zero-order chi connectivity index (χ0) is 14.7. The van der Waals surface area contributed by atoms with E-state index in [0.29, 0.717) is 11.1 Å². The first-order chi connectivity index (χ1) is 9.47. The minimum absolute atomic E-state index is 0.148. The molecule has 104 valence electrons. The Morgan fingerprint density at radius 2 is 1.95 bits per heavy atom. The van der Waals surface area contributed by atoms with Gasteiger partial charge in [-0.2, -0.15) is 0 Å². The molecule has 5 heteroatoms. The average Bonchev–Trinajstić information content (AvgIpc) is 2.42. The van der Waals surface area contributed by atoms with Gasteiger partial charge in [-0.15, -0.1) is 0 Å². The molecule has 0 heterocycles. The van der Waals surface area contributed by atoms with Crippen LogP contribution in [0.5, 0.6) is 0 Å². The van der Waals surface area contributed by atoms with Gasteiger partial charge in [0.15, 0.2) is 0 Å². The Labute approximate surface area is 133 Å². The Balaban J connectivity index is 2.08. The van der Waals surface area contributed by atoms with E-state index in [9.17, 15) is 9.18 Å². The van der Waals surface area contributed by atoms with Gasteiger partial charge >= 0.3 is 0 Å². The van der Waals surface area contributed by atoms with Crippen molar-refractivity contribution >= 4 is 37.8 Å². The third kappa shape index (κ3) is 3.67. The van der Waals surface area contributed by atoms with E-state index in [-0.39, 0.29) is 18.3 Å². The van der Waals surface area contributed by atoms with E-state index in [1.807, 2.05) is 13.0 Å². The number of nitrogens with one attached hydrogen (secondary N) is 1. The van der Waals surface area contributed by atoms with Gasteiger partial charge in [-0.3, -0.25) is 4.79 Å². The predicted octanol–water partition coefficient (Wildman–Crippen LogP) is 4.59. The highest BCUT2D eigenvalue weighted by molar-refractivity contribution is 9.10. The van der Waals surface area contributed by atoms with Gasteiger partial charge in [-0.1, -0.05) is 37.9 Å². The van der Waals surface area contributed by atoms with Crippen molar-refractivity contribution in [2.75, 3.05) is 0 Å². The number of carbonyl (C=O) groups is 1. The van der Waals surface area contributed by atoms with Gasteiger partial charge in [0.05, 0.1) is 0 Å². The maximum atomic E-state index is 13.6. The second-order valence-corrected chi connectivity index (χ2v) is 6.15. The van der Waals surface area contributed by atoms with E-state index in [2.05, 4.69) is 37.2 Å². The van der Waals surface area contributed by atoms with Crippen molar-refractivity contribution in [1.82, 2.24) is 5.32 Å². The zero-order valence-electron chi connectivity index (χ0n) is 10.7. The molecule has 0 aromatic heterocycles. The fraction of sp³-hybridized carbons (Fsp3) is 0.133. The predicted molar refractivity (Wildman–Crippen MR) is 84.1 cm³/mol. The average molecular weight is 401 g/mol. The summed E-state index contributed by atoms with van der Waals surface area (Å²) in [6.45, 7) is 2.10. The van der Waals surface area contributed by atoms with E-state index >= 15 is 0 Å². The maximum absolute atomic E-state index is 13.6. The lowest BCUT2D eigenvalue weighted by Gasteiger charge is -2.08. The van der Waals surface area contributed by atoms with Gasteiger partial charge in [-0.25, -0.2) is 4.39 Å². The van der Waals surface area contributed by atoms with Crippen molar-refractivity contribution in [2.45, 2.75) is 13.5 Å². The number of aryl methyl sites for hydroxylation is 1. The first-order valence-corrected chi connectivity index (χ1v) is 7.54. The summed E-state index contributed by atoms with van der Waals surface area (Å²) in [7, 11) is 0. The molecule has 0 unspecified atom stereocenters. The van der Waals surface area contributed by atoms with E-state index in [1.165, 1.54) is 6.07 Å². The maximum Gasteiger partial charge on any atom is 0.251 e. The number of hydrogen-bond donors (Lipinski definition) is 1. The first kappa shape index (κ1) is 15.2. The van der Waals surface area contributed by atoms with Crippen molar-refractivity contribution in [3.8, 4) is 0 Å². The van der Waals surface area contributed by atoms with Crippen LogP contribution in [-0.4, -0.2) is 5.91 Å². The van der Waals surface area contributed by atoms with Crippen molar-refractivity contribution < 1.29 is 9.18 Å². The fourth-order valence-corrected chi connectivity index (χ4v) is 2.48. The second kappa shape index (κ2) is 6.50. The zero-order valence-corrected chi connectivity index (χ0v) is 13.9. The fourth-order valence-electron chi connectivity index (χ4n) is 1.69. The Morgan fingerprint density at radius 3 is 2.65 bits per heavy atom. The van der Waals surface area contributed by atoms with E-state index in [1.54, 1.807) is 24.3 Å². The number of carbonyl (C=O) groups excluding carboxylic acids is 1. The lowest BCUT2D eigenvalue weighted by atomic mass is 10.1. The van der Waals surface area contributed by atoms with E-state index < -0.39 is 0 Å². The first-order valence-electron chi connectivity index (χ1n) is 5.95. The van der Waals surface area contributed by atoms with Crippen molar-refractivity contribution in [2.24, 2.45) is 0 Å². The van der Waals surface area contributed by atoms with Gasteiger partial charge in [0.2, 0.25) is 0 Å². The molecule has 0 atom stereocenters. The summed E-state index contributed by atoms with van der Waals surface area (Å²) in [6, 6.07) is 10.00. The molecule has 0 spiro atoms. The molecule has 0 aliphatic heterocycles. The van der Waals surface area contributed by atoms with Crippen LogP contribution in [0.25, 0.3) is 0 Å². The van der Waals surface area contributed by atoms with Gasteiger partial charge < -0.3 is 5.32 Å². The number of amides is 1. The highest BCUT2D eigenvalue weighted by Crippen LogP contribution is 2.18. The highest BCUT2D eigenvalue weighted by Gasteiger charge is 2.09. The third-order valence-electron chi connectivity index (χ3n) is 2.88. The second-order valence-electron chi connectivity index (χ2n) is 4.38. The molecule has 2 rings (SSSR count). The molecule has 2 nitrogen and oxygen atoms in total. The smallest absolute Gasteiger partial charge is 0.251 e. The van der Waals surface area contributed by atoms with E-state index in [0.717, 1.165) is 14.5 Å². The molecule has 2 aromatic carbocycles. The van der Waals surface area contributed by atoms with Crippen molar-refractivity contribution in [3.63, 3.8) is 0 Å². The summed E-state index contributed by atoms with van der Waals surface area (Å²) < 4.78 is 15.2. The number of hydrogen-bond acceptors (Lipinski definition) is 1. The van der Waals surface area contributed by atoms with Crippen molar-refractivity contribution in [3.05, 3.63) is 67.9 Å². The number of rotatable bonds is 3. The van der Waals surface area contributed by atoms with Gasteiger partial charge in [0, 0.05) is 26.6 Å². The summed E-state index contributed by atoms with van der Waals surface area (Å²) in [5, 5.41) is 2.71. The summed E-state index contributed by atoms with van der Waals surface area (Å²) in [5.74, 6) is -0.566. The normalized spacial score (nSPS) is 10.4. The minimum Gasteiger partial charge on any atom is -0.348 e. The van der Waals surface area contributed by atoms with Crippen LogP contribution in [0, 0.1) is 12.7 Å². The lowest BCUT2D eigenvalue weighted by molar-refractivity contribution is 0.0950. The van der Waals surface area contributed by atoms with Crippen LogP contribution in [0.2, 0.25) is 0 Å². The monoisotopic (exact) mass is 399 g/mol. The molecule has 0 fully saturated rings. The molecule has 0 radical (unpaired) electrons. The summed E-state index contributed by atoms with van der Waals surface area (Å²) in [4.78, 5) is 12.0. The molecule has 20 heavy (non-hydrogen) atoms. The summed E-state index contributed by atoms with van der Waals surface area (Å²) in [6.07, 6.45) is 0. The number of benzene rings is 2. The standard InChI is InChI=1S/C15H12Br2FNO/c1-9-2-3-10(7-13(9)17)15(20)19-8-11-6-12(16)4-5-14(11)18/h2-7H,8H2,1H3,(H,19,20). The molecule has 2 aromatic rings. The van der Waals surface area contributed by atoms with Gasteiger partial charge in [0.1, 0.15) is 5.82 Å². The molecular formula is C15H12Br2FNO. The lowest BCUT2D eigenvalue weighted by Crippen LogP contribution is -2.23.